The molecule has 0 bridgehead atoms. The van der Waals surface area contributed by atoms with Crippen molar-refractivity contribution >= 4 is 11.6 Å². The van der Waals surface area contributed by atoms with Crippen LogP contribution in [0, 0.1) is 5.41 Å². The molecule has 1 fully saturated rings. The Balaban J connectivity index is 2.25. The summed E-state index contributed by atoms with van der Waals surface area (Å²) >= 11 is 0. The standard InChI is InChI=1S/C11H14N2O2/c1-11(8-14)7-12-13(10(11)15)9-5-3-2-4-6-9/h2-6,12,14H,7-8H2,1H3. The first kappa shape index (κ1) is 10.1. The second-order valence-electron chi connectivity index (χ2n) is 4.03. The van der Waals surface area contributed by atoms with Crippen LogP contribution in [0.4, 0.5) is 5.69 Å². The number of rotatable bonds is 2. The summed E-state index contributed by atoms with van der Waals surface area (Å²) in [5.41, 5.74) is 3.09. The van der Waals surface area contributed by atoms with Crippen molar-refractivity contribution in [2.45, 2.75) is 6.92 Å². The number of benzene rings is 1. The molecule has 80 valence electrons. The van der Waals surface area contributed by atoms with Gasteiger partial charge in [0.1, 0.15) is 0 Å². The number of hydrazine groups is 1. The summed E-state index contributed by atoms with van der Waals surface area (Å²) in [4.78, 5) is 12.0. The van der Waals surface area contributed by atoms with Crippen LogP contribution in [0.25, 0.3) is 0 Å². The molecule has 1 aliphatic heterocycles. The molecule has 0 aromatic heterocycles. The third kappa shape index (κ3) is 1.62. The van der Waals surface area contributed by atoms with Crippen LogP contribution in [-0.4, -0.2) is 24.2 Å². The Morgan fingerprint density at radius 3 is 2.67 bits per heavy atom. The van der Waals surface area contributed by atoms with Crippen LogP contribution in [0.1, 0.15) is 6.92 Å². The lowest BCUT2D eigenvalue weighted by Crippen LogP contribution is -2.37. The molecular weight excluding hydrogens is 192 g/mol. The van der Waals surface area contributed by atoms with E-state index in [1.165, 1.54) is 5.01 Å². The van der Waals surface area contributed by atoms with E-state index < -0.39 is 5.41 Å². The van der Waals surface area contributed by atoms with Gasteiger partial charge < -0.3 is 5.11 Å². The quantitative estimate of drug-likeness (QED) is 0.742. The first-order chi connectivity index (χ1) is 7.17. The summed E-state index contributed by atoms with van der Waals surface area (Å²) in [6.45, 7) is 2.09. The van der Waals surface area contributed by atoms with Crippen molar-refractivity contribution in [1.29, 1.82) is 0 Å². The fourth-order valence-electron chi connectivity index (χ4n) is 1.58. The topological polar surface area (TPSA) is 52.6 Å². The van der Waals surface area contributed by atoms with E-state index in [0.29, 0.717) is 6.54 Å². The van der Waals surface area contributed by atoms with Crippen LogP contribution in [0.15, 0.2) is 30.3 Å². The average Bonchev–Trinajstić information content (AvgIpc) is 2.58. The van der Waals surface area contributed by atoms with Crippen LogP contribution in [0.3, 0.4) is 0 Å². The molecule has 4 nitrogen and oxygen atoms in total. The molecule has 1 saturated heterocycles. The fourth-order valence-corrected chi connectivity index (χ4v) is 1.58. The normalized spacial score (nSPS) is 26.0. The Hall–Kier alpha value is -1.39. The van der Waals surface area contributed by atoms with E-state index in [1.807, 2.05) is 30.3 Å². The minimum absolute atomic E-state index is 0.0869. The van der Waals surface area contributed by atoms with Gasteiger partial charge in [0.25, 0.3) is 5.91 Å². The largest absolute Gasteiger partial charge is 0.395 e. The number of aliphatic hydroxyl groups is 1. The molecule has 2 N–H and O–H groups in total. The summed E-state index contributed by atoms with van der Waals surface area (Å²) in [6, 6.07) is 9.36. The van der Waals surface area contributed by atoms with Gasteiger partial charge in [-0.2, -0.15) is 0 Å². The maximum absolute atomic E-state index is 12.0. The third-order valence-corrected chi connectivity index (χ3v) is 2.71. The van der Waals surface area contributed by atoms with Crippen LogP contribution < -0.4 is 10.4 Å². The van der Waals surface area contributed by atoms with E-state index in [-0.39, 0.29) is 12.5 Å². The number of para-hydroxylation sites is 1. The van der Waals surface area contributed by atoms with E-state index in [1.54, 1.807) is 6.92 Å². The molecule has 2 rings (SSSR count). The number of nitrogens with one attached hydrogen (secondary N) is 1. The van der Waals surface area contributed by atoms with Gasteiger partial charge in [0.2, 0.25) is 0 Å². The molecule has 1 amide bonds. The van der Waals surface area contributed by atoms with Gasteiger partial charge in [-0.05, 0) is 19.1 Å². The highest BCUT2D eigenvalue weighted by atomic mass is 16.3. The Morgan fingerprint density at radius 2 is 2.13 bits per heavy atom. The van der Waals surface area contributed by atoms with Gasteiger partial charge in [-0.15, -0.1) is 0 Å². The average molecular weight is 206 g/mol. The van der Waals surface area contributed by atoms with E-state index >= 15 is 0 Å². The highest BCUT2D eigenvalue weighted by Gasteiger charge is 2.42. The molecule has 1 heterocycles. The van der Waals surface area contributed by atoms with Crippen LogP contribution in [0.5, 0.6) is 0 Å². The fraction of sp³-hybridized carbons (Fsp3) is 0.364. The number of nitrogens with zero attached hydrogens (tertiary/aromatic N) is 1. The highest BCUT2D eigenvalue weighted by molar-refractivity contribution is 5.98. The zero-order chi connectivity index (χ0) is 10.9. The SMILES string of the molecule is CC1(CO)CNN(c2ccccc2)C1=O. The zero-order valence-corrected chi connectivity index (χ0v) is 8.60. The summed E-state index contributed by atoms with van der Waals surface area (Å²) in [5, 5.41) is 10.7. The number of carbonyl (C=O) groups excluding carboxylic acids is 1. The maximum Gasteiger partial charge on any atom is 0.250 e. The van der Waals surface area contributed by atoms with Gasteiger partial charge in [0.15, 0.2) is 0 Å². The van der Waals surface area contributed by atoms with Gasteiger partial charge in [-0.1, -0.05) is 18.2 Å². The lowest BCUT2D eigenvalue weighted by molar-refractivity contribution is -0.126. The number of carbonyl (C=O) groups is 1. The molecule has 0 saturated carbocycles. The second kappa shape index (κ2) is 3.64. The first-order valence-corrected chi connectivity index (χ1v) is 4.91. The van der Waals surface area contributed by atoms with E-state index in [9.17, 15) is 9.90 Å². The molecule has 1 unspecified atom stereocenters. The van der Waals surface area contributed by atoms with Crippen LogP contribution >= 0.6 is 0 Å². The lowest BCUT2D eigenvalue weighted by Gasteiger charge is -2.19. The molecule has 0 spiro atoms. The molecule has 1 aliphatic rings. The van der Waals surface area contributed by atoms with E-state index in [2.05, 4.69) is 5.43 Å². The van der Waals surface area contributed by atoms with Crippen molar-refractivity contribution in [3.8, 4) is 0 Å². The number of amides is 1. The Kier molecular flexibility index (Phi) is 2.46. The third-order valence-electron chi connectivity index (χ3n) is 2.71. The molecule has 0 aliphatic carbocycles. The molecule has 4 heteroatoms. The molecule has 15 heavy (non-hydrogen) atoms. The summed E-state index contributed by atoms with van der Waals surface area (Å²) in [5.74, 6) is -0.0869. The molecular formula is C11H14N2O2. The second-order valence-corrected chi connectivity index (χ2v) is 4.03. The van der Waals surface area contributed by atoms with Gasteiger partial charge in [-0.3, -0.25) is 4.79 Å². The Labute approximate surface area is 88.5 Å². The minimum Gasteiger partial charge on any atom is -0.395 e. The van der Waals surface area contributed by atoms with Gasteiger partial charge in [0.05, 0.1) is 17.7 Å². The van der Waals surface area contributed by atoms with Crippen molar-refractivity contribution in [3.63, 3.8) is 0 Å². The summed E-state index contributed by atoms with van der Waals surface area (Å²) in [6.07, 6.45) is 0. The van der Waals surface area contributed by atoms with Crippen LogP contribution in [0.2, 0.25) is 0 Å². The molecule has 0 radical (unpaired) electrons. The first-order valence-electron chi connectivity index (χ1n) is 4.91. The number of hydrogen-bond donors (Lipinski definition) is 2. The molecule has 1 aromatic rings. The minimum atomic E-state index is -0.699. The van der Waals surface area contributed by atoms with Crippen molar-refractivity contribution < 1.29 is 9.90 Å². The van der Waals surface area contributed by atoms with Crippen molar-refractivity contribution in [1.82, 2.24) is 5.43 Å². The van der Waals surface area contributed by atoms with Gasteiger partial charge in [0, 0.05) is 6.54 Å². The smallest absolute Gasteiger partial charge is 0.250 e. The van der Waals surface area contributed by atoms with Gasteiger partial charge in [-0.25, -0.2) is 10.4 Å². The molecule has 1 aromatic carbocycles. The predicted molar refractivity (Wildman–Crippen MR) is 57.1 cm³/mol. The predicted octanol–water partition coefficient (Wildman–Crippen LogP) is 0.536. The maximum atomic E-state index is 12.0. The summed E-state index contributed by atoms with van der Waals surface area (Å²) < 4.78 is 0. The zero-order valence-electron chi connectivity index (χ0n) is 8.60. The monoisotopic (exact) mass is 206 g/mol. The number of aliphatic hydroxyl groups excluding tert-OH is 1. The van der Waals surface area contributed by atoms with E-state index in [0.717, 1.165) is 5.69 Å². The van der Waals surface area contributed by atoms with E-state index in [4.69, 9.17) is 0 Å². The molecule has 1 atom stereocenters. The van der Waals surface area contributed by atoms with Crippen molar-refractivity contribution in [2.24, 2.45) is 5.41 Å². The van der Waals surface area contributed by atoms with Crippen molar-refractivity contribution in [2.75, 3.05) is 18.2 Å². The number of hydrogen-bond acceptors (Lipinski definition) is 3. The Morgan fingerprint density at radius 1 is 1.47 bits per heavy atom. The van der Waals surface area contributed by atoms with Crippen molar-refractivity contribution in [3.05, 3.63) is 30.3 Å². The van der Waals surface area contributed by atoms with Gasteiger partial charge >= 0.3 is 0 Å². The lowest BCUT2D eigenvalue weighted by atomic mass is 9.92. The van der Waals surface area contributed by atoms with Crippen LogP contribution in [-0.2, 0) is 4.79 Å². The Bertz CT molecular complexity index is 366. The summed E-state index contributed by atoms with van der Waals surface area (Å²) in [7, 11) is 0. The highest BCUT2D eigenvalue weighted by Crippen LogP contribution is 2.27. The number of anilines is 1.